The maximum Gasteiger partial charge on any atom is 0.129 e. The standard InChI is InChI=1S/C13H9BrClF2N/c14-11-6-10(16)3-4-13(11)18-7-8-1-2-9(15)5-12(8)17/h1-6,18H,7H2. The number of hydrogen-bond donors (Lipinski definition) is 1. The van der Waals surface area contributed by atoms with Crippen LogP contribution in [0.15, 0.2) is 40.9 Å². The van der Waals surface area contributed by atoms with Gasteiger partial charge in [0.15, 0.2) is 0 Å². The third kappa shape index (κ3) is 3.21. The Bertz CT molecular complexity index is 523. The van der Waals surface area contributed by atoms with Gasteiger partial charge in [0.2, 0.25) is 0 Å². The van der Waals surface area contributed by atoms with Gasteiger partial charge in [-0.05, 0) is 46.3 Å². The second kappa shape index (κ2) is 5.67. The van der Waals surface area contributed by atoms with Crippen LogP contribution in [0.5, 0.6) is 0 Å². The van der Waals surface area contributed by atoms with Crippen LogP contribution in [0.3, 0.4) is 0 Å². The molecule has 0 saturated carbocycles. The molecule has 0 aliphatic heterocycles. The molecule has 0 saturated heterocycles. The Balaban J connectivity index is 2.11. The molecule has 94 valence electrons. The van der Waals surface area contributed by atoms with Crippen LogP contribution >= 0.6 is 27.5 Å². The van der Waals surface area contributed by atoms with Gasteiger partial charge >= 0.3 is 0 Å². The first-order valence-electron chi connectivity index (χ1n) is 5.19. The zero-order valence-corrected chi connectivity index (χ0v) is 11.5. The molecule has 0 aliphatic carbocycles. The van der Waals surface area contributed by atoms with E-state index in [2.05, 4.69) is 21.2 Å². The molecule has 2 rings (SSSR count). The molecule has 0 aromatic heterocycles. The van der Waals surface area contributed by atoms with E-state index in [1.807, 2.05) is 0 Å². The second-order valence-electron chi connectivity index (χ2n) is 3.71. The average Bonchev–Trinajstić information content (AvgIpc) is 2.30. The molecule has 0 aliphatic rings. The van der Waals surface area contributed by atoms with Gasteiger partial charge in [-0.15, -0.1) is 0 Å². The SMILES string of the molecule is Fc1ccc(NCc2ccc(Cl)cc2F)c(Br)c1. The van der Waals surface area contributed by atoms with Gasteiger partial charge in [0.1, 0.15) is 11.6 Å². The van der Waals surface area contributed by atoms with E-state index in [1.54, 1.807) is 18.2 Å². The quantitative estimate of drug-likeness (QED) is 0.834. The van der Waals surface area contributed by atoms with Crippen molar-refractivity contribution < 1.29 is 8.78 Å². The highest BCUT2D eigenvalue weighted by atomic mass is 79.9. The zero-order chi connectivity index (χ0) is 13.1. The summed E-state index contributed by atoms with van der Waals surface area (Å²) in [5.41, 5.74) is 1.20. The van der Waals surface area contributed by atoms with Crippen molar-refractivity contribution in [2.75, 3.05) is 5.32 Å². The Morgan fingerprint density at radius 1 is 1.11 bits per heavy atom. The van der Waals surface area contributed by atoms with E-state index in [4.69, 9.17) is 11.6 Å². The van der Waals surface area contributed by atoms with Crippen LogP contribution in [0.2, 0.25) is 5.02 Å². The molecule has 5 heteroatoms. The highest BCUT2D eigenvalue weighted by Crippen LogP contribution is 2.24. The number of hydrogen-bond acceptors (Lipinski definition) is 1. The van der Waals surface area contributed by atoms with Crippen molar-refractivity contribution in [2.24, 2.45) is 0 Å². The third-order valence-corrected chi connectivity index (χ3v) is 3.31. The lowest BCUT2D eigenvalue weighted by Crippen LogP contribution is -2.02. The molecule has 1 nitrogen and oxygen atoms in total. The molecule has 0 radical (unpaired) electrons. The number of nitrogens with one attached hydrogen (secondary N) is 1. The molecule has 0 amide bonds. The van der Waals surface area contributed by atoms with Crippen molar-refractivity contribution in [3.05, 3.63) is 63.1 Å². The molecular weight excluding hydrogens is 324 g/mol. The van der Waals surface area contributed by atoms with Crippen LogP contribution in [0.1, 0.15) is 5.56 Å². The minimum atomic E-state index is -0.367. The Morgan fingerprint density at radius 2 is 1.89 bits per heavy atom. The van der Waals surface area contributed by atoms with Crippen molar-refractivity contribution in [3.63, 3.8) is 0 Å². The summed E-state index contributed by atoms with van der Waals surface area (Å²) in [7, 11) is 0. The molecule has 0 bridgehead atoms. The summed E-state index contributed by atoms with van der Waals surface area (Å²) in [6, 6.07) is 8.78. The molecule has 0 unspecified atom stereocenters. The zero-order valence-electron chi connectivity index (χ0n) is 9.18. The monoisotopic (exact) mass is 331 g/mol. The van der Waals surface area contributed by atoms with E-state index < -0.39 is 0 Å². The lowest BCUT2D eigenvalue weighted by atomic mass is 10.2. The van der Waals surface area contributed by atoms with Crippen LogP contribution < -0.4 is 5.32 Å². The van der Waals surface area contributed by atoms with E-state index in [9.17, 15) is 8.78 Å². The molecule has 0 spiro atoms. The van der Waals surface area contributed by atoms with E-state index in [0.29, 0.717) is 27.3 Å². The molecule has 2 aromatic carbocycles. The largest absolute Gasteiger partial charge is 0.380 e. The molecule has 1 N–H and O–H groups in total. The van der Waals surface area contributed by atoms with Gasteiger partial charge in [-0.2, -0.15) is 0 Å². The maximum absolute atomic E-state index is 13.5. The predicted molar refractivity (Wildman–Crippen MR) is 72.8 cm³/mol. The number of rotatable bonds is 3. The first-order chi connectivity index (χ1) is 8.56. The third-order valence-electron chi connectivity index (χ3n) is 2.42. The van der Waals surface area contributed by atoms with Gasteiger partial charge < -0.3 is 5.32 Å². The second-order valence-corrected chi connectivity index (χ2v) is 5.00. The minimum absolute atomic E-state index is 0.299. The van der Waals surface area contributed by atoms with Gasteiger partial charge in [-0.25, -0.2) is 8.78 Å². The van der Waals surface area contributed by atoms with Crippen LogP contribution in [0.4, 0.5) is 14.5 Å². The Labute approximate surface area is 117 Å². The Hall–Kier alpha value is -1.13. The van der Waals surface area contributed by atoms with E-state index >= 15 is 0 Å². The fourth-order valence-electron chi connectivity index (χ4n) is 1.49. The van der Waals surface area contributed by atoms with E-state index in [0.717, 1.165) is 0 Å². The molecular formula is C13H9BrClF2N. The summed E-state index contributed by atoms with van der Waals surface area (Å²) in [5, 5.41) is 3.38. The van der Waals surface area contributed by atoms with Crippen LogP contribution in [0.25, 0.3) is 0 Å². The minimum Gasteiger partial charge on any atom is -0.380 e. The summed E-state index contributed by atoms with van der Waals surface area (Å²) < 4.78 is 27.0. The summed E-state index contributed by atoms with van der Waals surface area (Å²) in [6.07, 6.45) is 0. The fraction of sp³-hybridized carbons (Fsp3) is 0.0769. The molecule has 0 fully saturated rings. The average molecular weight is 333 g/mol. The fourth-order valence-corrected chi connectivity index (χ4v) is 2.14. The van der Waals surface area contributed by atoms with Crippen molar-refractivity contribution in [2.45, 2.75) is 6.54 Å². The lowest BCUT2D eigenvalue weighted by Gasteiger charge is -2.09. The summed E-state index contributed by atoms with van der Waals surface area (Å²) in [6.45, 7) is 0.299. The van der Waals surface area contributed by atoms with Crippen molar-refractivity contribution in [1.82, 2.24) is 0 Å². The number of anilines is 1. The predicted octanol–water partition coefficient (Wildman–Crippen LogP) is 4.99. The van der Waals surface area contributed by atoms with Crippen molar-refractivity contribution >= 4 is 33.2 Å². The number of halogens is 4. The summed E-state index contributed by atoms with van der Waals surface area (Å²) >= 11 is 8.90. The highest BCUT2D eigenvalue weighted by Gasteiger charge is 2.05. The molecule has 2 aromatic rings. The van der Waals surface area contributed by atoms with E-state index in [1.165, 1.54) is 18.2 Å². The van der Waals surface area contributed by atoms with Crippen molar-refractivity contribution in [1.29, 1.82) is 0 Å². The van der Waals surface area contributed by atoms with Crippen LogP contribution in [-0.2, 0) is 6.54 Å². The first-order valence-corrected chi connectivity index (χ1v) is 6.36. The van der Waals surface area contributed by atoms with Crippen LogP contribution in [0, 0.1) is 11.6 Å². The maximum atomic E-state index is 13.5. The normalized spacial score (nSPS) is 10.4. The van der Waals surface area contributed by atoms with Gasteiger partial charge in [0.05, 0.1) is 0 Å². The molecule has 18 heavy (non-hydrogen) atoms. The van der Waals surface area contributed by atoms with Gasteiger partial charge in [0, 0.05) is 27.3 Å². The Morgan fingerprint density at radius 3 is 2.56 bits per heavy atom. The Kier molecular flexibility index (Phi) is 4.19. The summed E-state index contributed by atoms with van der Waals surface area (Å²) in [5.74, 6) is -0.696. The van der Waals surface area contributed by atoms with E-state index in [-0.39, 0.29) is 11.6 Å². The smallest absolute Gasteiger partial charge is 0.129 e. The lowest BCUT2D eigenvalue weighted by molar-refractivity contribution is 0.613. The molecule has 0 heterocycles. The highest BCUT2D eigenvalue weighted by molar-refractivity contribution is 9.10. The first kappa shape index (κ1) is 13.3. The summed E-state index contributed by atoms with van der Waals surface area (Å²) in [4.78, 5) is 0. The van der Waals surface area contributed by atoms with Gasteiger partial charge in [0.25, 0.3) is 0 Å². The van der Waals surface area contributed by atoms with Crippen LogP contribution in [-0.4, -0.2) is 0 Å². The topological polar surface area (TPSA) is 12.0 Å². The van der Waals surface area contributed by atoms with Gasteiger partial charge in [-0.1, -0.05) is 17.7 Å². The van der Waals surface area contributed by atoms with Gasteiger partial charge in [-0.3, -0.25) is 0 Å². The van der Waals surface area contributed by atoms with Crippen molar-refractivity contribution in [3.8, 4) is 0 Å². The molecule has 0 atom stereocenters. The number of benzene rings is 2.